The quantitative estimate of drug-likeness (QED) is 0.268. The molecule has 0 aromatic heterocycles. The summed E-state index contributed by atoms with van der Waals surface area (Å²) in [6.45, 7) is 0.138. The van der Waals surface area contributed by atoms with Gasteiger partial charge in [0.25, 0.3) is 0 Å². The second-order valence-corrected chi connectivity index (χ2v) is 10.1. The molecule has 7 rings (SSSR count). The number of hydrogen-bond donors (Lipinski definition) is 2. The number of Topliss-reactive ketones (excluding diaryl/α,β-unsaturated/α-hetero) is 1. The molecule has 0 fully saturated rings. The van der Waals surface area contributed by atoms with Crippen LogP contribution in [0.2, 0.25) is 0 Å². The highest BCUT2D eigenvalue weighted by atomic mass is 16.7. The summed E-state index contributed by atoms with van der Waals surface area (Å²) < 4.78 is 16.2. The summed E-state index contributed by atoms with van der Waals surface area (Å²) in [6, 6.07) is 24.7. The number of allylic oxidation sites excluding steroid dienone is 2. The number of benzene rings is 4. The number of fused-ring (bicyclic) bond motifs is 4. The molecule has 7 nitrogen and oxygen atoms in total. The molecule has 0 radical (unpaired) electrons. The van der Waals surface area contributed by atoms with Gasteiger partial charge in [-0.25, -0.2) is 0 Å². The second kappa shape index (κ2) is 8.91. The Morgan fingerprint density at radius 2 is 1.72 bits per heavy atom. The van der Waals surface area contributed by atoms with E-state index in [1.165, 1.54) is 7.11 Å². The van der Waals surface area contributed by atoms with Gasteiger partial charge in [0, 0.05) is 28.8 Å². The number of rotatable bonds is 3. The predicted molar refractivity (Wildman–Crippen MR) is 145 cm³/mol. The first-order valence-corrected chi connectivity index (χ1v) is 12.9. The summed E-state index contributed by atoms with van der Waals surface area (Å²) in [4.78, 5) is 27.7. The average Bonchev–Trinajstić information content (AvgIpc) is 3.44. The maximum Gasteiger partial charge on any atom is 0.317 e. The van der Waals surface area contributed by atoms with Crippen LogP contribution in [0.1, 0.15) is 34.9 Å². The van der Waals surface area contributed by atoms with E-state index < -0.39 is 23.7 Å². The fraction of sp³-hybridized carbons (Fsp3) is 0.188. The number of aromatic hydroxyl groups is 1. The molecule has 39 heavy (non-hydrogen) atoms. The first-order valence-electron chi connectivity index (χ1n) is 12.9. The maximum absolute atomic E-state index is 14.5. The topological polar surface area (TPSA) is 94.1 Å². The number of hydrogen-bond acceptors (Lipinski definition) is 7. The van der Waals surface area contributed by atoms with Gasteiger partial charge in [0.05, 0.1) is 7.11 Å². The highest BCUT2D eigenvalue weighted by Gasteiger charge is 2.48. The summed E-state index contributed by atoms with van der Waals surface area (Å²) in [5.41, 5.74) is 4.88. The van der Waals surface area contributed by atoms with E-state index in [1.54, 1.807) is 12.1 Å². The van der Waals surface area contributed by atoms with Crippen molar-refractivity contribution in [1.82, 2.24) is 0 Å². The van der Waals surface area contributed by atoms with Gasteiger partial charge in [0.1, 0.15) is 11.7 Å². The SMILES string of the molecule is COC(=O)[C@@H]1C(=O)C2=C(C[C@H]1c1ccc3c(c1)OCO3)Nc1ccc3ccccc3c1[C@@H]2c1ccc(O)cc1. The number of phenols is 1. The fourth-order valence-electron chi connectivity index (χ4n) is 6.26. The third-order valence-electron chi connectivity index (χ3n) is 8.04. The Balaban J connectivity index is 1.44. The average molecular weight is 520 g/mol. The molecule has 7 heteroatoms. The zero-order valence-electron chi connectivity index (χ0n) is 21.1. The number of carbonyl (C=O) groups is 2. The Hall–Kier alpha value is -4.78. The van der Waals surface area contributed by atoms with Crippen LogP contribution in [-0.4, -0.2) is 30.8 Å². The van der Waals surface area contributed by atoms with E-state index >= 15 is 0 Å². The first kappa shape index (κ1) is 23.3. The number of nitrogens with one attached hydrogen (secondary N) is 1. The molecule has 0 unspecified atom stereocenters. The second-order valence-electron chi connectivity index (χ2n) is 10.1. The summed E-state index contributed by atoms with van der Waals surface area (Å²) in [6.07, 6.45) is 0.432. The lowest BCUT2D eigenvalue weighted by molar-refractivity contribution is -0.149. The number of phenolic OH excluding ortho intramolecular Hbond substituents is 1. The van der Waals surface area contributed by atoms with Crippen molar-refractivity contribution >= 4 is 28.2 Å². The van der Waals surface area contributed by atoms with Crippen molar-refractivity contribution in [3.8, 4) is 17.2 Å². The van der Waals surface area contributed by atoms with E-state index in [2.05, 4.69) is 17.4 Å². The van der Waals surface area contributed by atoms with Crippen LogP contribution in [0.3, 0.4) is 0 Å². The monoisotopic (exact) mass is 519 g/mol. The number of carbonyl (C=O) groups excluding carboxylic acids is 2. The molecule has 2 heterocycles. The number of anilines is 1. The molecule has 2 aliphatic heterocycles. The van der Waals surface area contributed by atoms with Crippen molar-refractivity contribution in [3.63, 3.8) is 0 Å². The molecule has 1 aliphatic carbocycles. The van der Waals surface area contributed by atoms with Gasteiger partial charge in [-0.3, -0.25) is 9.59 Å². The Bertz CT molecular complexity index is 1690. The van der Waals surface area contributed by atoms with Gasteiger partial charge < -0.3 is 24.6 Å². The van der Waals surface area contributed by atoms with Crippen LogP contribution in [0.15, 0.2) is 90.1 Å². The van der Waals surface area contributed by atoms with Gasteiger partial charge in [-0.1, -0.05) is 48.5 Å². The lowest BCUT2D eigenvalue weighted by Gasteiger charge is -2.40. The normalized spacial score (nSPS) is 21.3. The smallest absolute Gasteiger partial charge is 0.317 e. The molecule has 0 spiro atoms. The van der Waals surface area contributed by atoms with Gasteiger partial charge in [-0.05, 0) is 64.2 Å². The van der Waals surface area contributed by atoms with Crippen LogP contribution in [0, 0.1) is 5.92 Å². The lowest BCUT2D eigenvalue weighted by atomic mass is 9.66. The summed E-state index contributed by atoms with van der Waals surface area (Å²) in [7, 11) is 1.32. The van der Waals surface area contributed by atoms with Gasteiger partial charge in [-0.15, -0.1) is 0 Å². The van der Waals surface area contributed by atoms with Crippen LogP contribution in [0.5, 0.6) is 17.2 Å². The van der Waals surface area contributed by atoms with E-state index in [1.807, 2.05) is 54.6 Å². The van der Waals surface area contributed by atoms with Crippen molar-refractivity contribution < 1.29 is 28.9 Å². The van der Waals surface area contributed by atoms with Crippen molar-refractivity contribution in [2.75, 3.05) is 19.2 Å². The van der Waals surface area contributed by atoms with Crippen molar-refractivity contribution in [2.45, 2.75) is 18.3 Å². The molecule has 0 saturated heterocycles. The number of ether oxygens (including phenoxy) is 3. The van der Waals surface area contributed by atoms with Crippen LogP contribution in [0.25, 0.3) is 10.8 Å². The van der Waals surface area contributed by atoms with Crippen LogP contribution >= 0.6 is 0 Å². The maximum atomic E-state index is 14.5. The van der Waals surface area contributed by atoms with Crippen molar-refractivity contribution in [2.24, 2.45) is 5.92 Å². The Morgan fingerprint density at radius 1 is 0.949 bits per heavy atom. The molecule has 0 saturated carbocycles. The standard InChI is InChI=1S/C32H25NO6/c1-37-32(36)29-22(19-9-13-25-26(14-19)39-16-38-25)15-24-30(31(29)35)27(18-6-10-20(34)11-7-18)28-21-5-3-2-4-17(21)8-12-23(28)33-24/h2-14,22,27,29,33-34H,15-16H2,1H3/t22-,27-,29-/m0/s1. The zero-order valence-corrected chi connectivity index (χ0v) is 21.1. The van der Waals surface area contributed by atoms with Gasteiger partial charge in [0.15, 0.2) is 17.3 Å². The first-order chi connectivity index (χ1) is 19.0. The van der Waals surface area contributed by atoms with Crippen LogP contribution < -0.4 is 14.8 Å². The molecule has 3 aliphatic rings. The molecular weight excluding hydrogens is 494 g/mol. The minimum absolute atomic E-state index is 0.138. The third kappa shape index (κ3) is 3.65. The van der Waals surface area contributed by atoms with Crippen molar-refractivity contribution in [3.05, 3.63) is 107 Å². The van der Waals surface area contributed by atoms with Gasteiger partial charge >= 0.3 is 5.97 Å². The lowest BCUT2D eigenvalue weighted by Crippen LogP contribution is -2.40. The van der Waals surface area contributed by atoms with Crippen molar-refractivity contribution in [1.29, 1.82) is 0 Å². The highest BCUT2D eigenvalue weighted by Crippen LogP contribution is 2.52. The number of methoxy groups -OCH3 is 1. The molecule has 0 bridgehead atoms. The fourth-order valence-corrected chi connectivity index (χ4v) is 6.26. The summed E-state index contributed by atoms with van der Waals surface area (Å²) in [5.74, 6) is -1.36. The minimum atomic E-state index is -1.02. The number of ketones is 1. The van der Waals surface area contributed by atoms with E-state index in [-0.39, 0.29) is 18.3 Å². The largest absolute Gasteiger partial charge is 0.508 e. The summed E-state index contributed by atoms with van der Waals surface area (Å²) in [5, 5.41) is 15.6. The van der Waals surface area contributed by atoms with Gasteiger partial charge in [0.2, 0.25) is 6.79 Å². The molecule has 3 atom stereocenters. The zero-order chi connectivity index (χ0) is 26.7. The minimum Gasteiger partial charge on any atom is -0.508 e. The Labute approximate surface area is 224 Å². The van der Waals surface area contributed by atoms with E-state index in [0.29, 0.717) is 23.5 Å². The highest BCUT2D eigenvalue weighted by molar-refractivity contribution is 6.13. The summed E-state index contributed by atoms with van der Waals surface area (Å²) >= 11 is 0. The molecular formula is C32H25NO6. The Kier molecular flexibility index (Phi) is 5.33. The molecule has 2 N–H and O–H groups in total. The predicted octanol–water partition coefficient (Wildman–Crippen LogP) is 5.63. The number of esters is 1. The Morgan fingerprint density at radius 3 is 2.54 bits per heavy atom. The van der Waals surface area contributed by atoms with E-state index in [0.717, 1.165) is 38.8 Å². The van der Waals surface area contributed by atoms with Crippen LogP contribution in [0.4, 0.5) is 5.69 Å². The molecule has 4 aromatic rings. The molecule has 0 amide bonds. The molecule has 194 valence electrons. The van der Waals surface area contributed by atoms with Crippen LogP contribution in [-0.2, 0) is 14.3 Å². The van der Waals surface area contributed by atoms with Gasteiger partial charge in [-0.2, -0.15) is 0 Å². The molecule has 4 aromatic carbocycles. The van der Waals surface area contributed by atoms with E-state index in [4.69, 9.17) is 14.2 Å². The third-order valence-corrected chi connectivity index (χ3v) is 8.04. The van der Waals surface area contributed by atoms with E-state index in [9.17, 15) is 14.7 Å².